The van der Waals surface area contributed by atoms with Crippen LogP contribution < -0.4 is 29.6 Å². The van der Waals surface area contributed by atoms with Crippen molar-refractivity contribution in [3.63, 3.8) is 0 Å². The molecule has 0 aromatic heterocycles. The molecule has 1 saturated heterocycles. The van der Waals surface area contributed by atoms with E-state index in [-0.39, 0.29) is 18.1 Å². The average molecular weight is 509 g/mol. The first-order valence-electron chi connectivity index (χ1n) is 12.5. The van der Waals surface area contributed by atoms with Gasteiger partial charge in [0.2, 0.25) is 12.7 Å². The third kappa shape index (κ3) is 7.85. The molecule has 3 aromatic rings. The van der Waals surface area contributed by atoms with Crippen LogP contribution in [-0.4, -0.2) is 39.5 Å². The van der Waals surface area contributed by atoms with Crippen molar-refractivity contribution in [2.24, 2.45) is 5.92 Å². The van der Waals surface area contributed by atoms with Crippen LogP contribution in [0.5, 0.6) is 23.0 Å². The number of methoxy groups -OCH3 is 1. The molecule has 3 aromatic carbocycles. The molecule has 0 radical (unpaired) electrons. The predicted molar refractivity (Wildman–Crippen MR) is 139 cm³/mol. The summed E-state index contributed by atoms with van der Waals surface area (Å²) in [6, 6.07) is 19.5. The summed E-state index contributed by atoms with van der Waals surface area (Å²) in [5.41, 5.74) is 1.28. The molecule has 7 nitrogen and oxygen atoms in total. The van der Waals surface area contributed by atoms with Gasteiger partial charge in [-0.25, -0.2) is 4.39 Å². The fourth-order valence-electron chi connectivity index (χ4n) is 4.17. The van der Waals surface area contributed by atoms with E-state index in [1.807, 2.05) is 42.5 Å². The number of carbonyl (C=O) groups excluding carboxylic acids is 1. The number of piperidine rings is 1. The van der Waals surface area contributed by atoms with E-state index in [2.05, 4.69) is 10.6 Å². The summed E-state index contributed by atoms with van der Waals surface area (Å²) < 4.78 is 35.0. The molecule has 196 valence electrons. The number of rotatable bonds is 8. The number of para-hydroxylation sites is 1. The van der Waals surface area contributed by atoms with Gasteiger partial charge in [-0.05, 0) is 49.2 Å². The van der Waals surface area contributed by atoms with Gasteiger partial charge in [-0.15, -0.1) is 0 Å². The van der Waals surface area contributed by atoms with Crippen molar-refractivity contribution in [3.8, 4) is 23.0 Å². The normalized spacial score (nSPS) is 15.8. The lowest BCUT2D eigenvalue weighted by atomic mass is 10.0. The second kappa shape index (κ2) is 13.5. The number of carbonyl (C=O) groups is 1. The second-order valence-corrected chi connectivity index (χ2v) is 8.90. The van der Waals surface area contributed by atoms with Gasteiger partial charge in [-0.2, -0.15) is 0 Å². The molecule has 1 atom stereocenters. The third-order valence-electron chi connectivity index (χ3n) is 6.21. The molecule has 2 heterocycles. The fraction of sp³-hybridized carbons (Fsp3) is 0.345. The highest BCUT2D eigenvalue weighted by Gasteiger charge is 2.16. The minimum atomic E-state index is -0.361. The largest absolute Gasteiger partial charge is 0.496 e. The van der Waals surface area contributed by atoms with Crippen LogP contribution in [-0.2, 0) is 17.8 Å². The lowest BCUT2D eigenvalue weighted by Gasteiger charge is -2.22. The molecular weight excluding hydrogens is 475 g/mol. The highest BCUT2D eigenvalue weighted by Crippen LogP contribution is 2.35. The molecule has 0 spiro atoms. The molecule has 1 unspecified atom stereocenters. The van der Waals surface area contributed by atoms with Gasteiger partial charge in [0, 0.05) is 30.6 Å². The lowest BCUT2D eigenvalue weighted by Crippen LogP contribution is -2.33. The molecule has 5 rings (SSSR count). The van der Waals surface area contributed by atoms with Crippen LogP contribution >= 0.6 is 0 Å². The predicted octanol–water partition coefficient (Wildman–Crippen LogP) is 4.49. The van der Waals surface area contributed by atoms with E-state index < -0.39 is 0 Å². The number of fused-ring (bicyclic) bond motifs is 1. The van der Waals surface area contributed by atoms with Crippen LogP contribution in [0.25, 0.3) is 0 Å². The Kier molecular flexibility index (Phi) is 9.60. The van der Waals surface area contributed by atoms with Gasteiger partial charge >= 0.3 is 0 Å². The van der Waals surface area contributed by atoms with Crippen LogP contribution in [0.4, 0.5) is 4.39 Å². The van der Waals surface area contributed by atoms with Gasteiger partial charge in [0.1, 0.15) is 17.3 Å². The molecule has 2 aliphatic rings. The van der Waals surface area contributed by atoms with Crippen molar-refractivity contribution in [2.75, 3.05) is 33.6 Å². The summed E-state index contributed by atoms with van der Waals surface area (Å²) in [7, 11) is 1.58. The van der Waals surface area contributed by atoms with Crippen molar-refractivity contribution < 1.29 is 28.1 Å². The Hall–Kier alpha value is -3.78. The number of hydrogen-bond acceptors (Lipinski definition) is 6. The van der Waals surface area contributed by atoms with Crippen molar-refractivity contribution >= 4 is 5.91 Å². The number of ether oxygens (including phenoxy) is 4. The minimum Gasteiger partial charge on any atom is -0.496 e. The summed E-state index contributed by atoms with van der Waals surface area (Å²) in [6.45, 7) is 3.64. The van der Waals surface area contributed by atoms with E-state index >= 15 is 0 Å². The van der Waals surface area contributed by atoms with Crippen molar-refractivity contribution in [2.45, 2.75) is 25.8 Å². The maximum Gasteiger partial charge on any atom is 0.231 e. The van der Waals surface area contributed by atoms with Crippen LogP contribution in [0, 0.1) is 11.7 Å². The molecule has 1 amide bonds. The summed E-state index contributed by atoms with van der Waals surface area (Å²) >= 11 is 0. The first-order valence-corrected chi connectivity index (χ1v) is 12.5. The Morgan fingerprint density at radius 3 is 2.62 bits per heavy atom. The monoisotopic (exact) mass is 508 g/mol. The number of hydrogen-bond donors (Lipinski definition) is 2. The van der Waals surface area contributed by atoms with E-state index in [4.69, 9.17) is 18.9 Å². The van der Waals surface area contributed by atoms with Gasteiger partial charge in [-0.1, -0.05) is 36.4 Å². The molecule has 2 aliphatic heterocycles. The zero-order chi connectivity index (χ0) is 25.9. The number of amides is 1. The average Bonchev–Trinajstić information content (AvgIpc) is 3.41. The Morgan fingerprint density at radius 1 is 1.05 bits per heavy atom. The zero-order valence-corrected chi connectivity index (χ0v) is 21.0. The van der Waals surface area contributed by atoms with Crippen LogP contribution in [0.15, 0.2) is 66.7 Å². The lowest BCUT2D eigenvalue weighted by molar-refractivity contribution is -0.120. The van der Waals surface area contributed by atoms with E-state index in [0.29, 0.717) is 24.8 Å². The number of halogens is 1. The molecule has 1 fully saturated rings. The summed E-state index contributed by atoms with van der Waals surface area (Å²) in [6.07, 6.45) is 2.52. The van der Waals surface area contributed by atoms with E-state index in [1.165, 1.54) is 18.9 Å². The number of benzene rings is 3. The standard InChI is InChI=1S/C16H16FNO2.C13H17NO3/c1-20-15-9-5-3-7-13(15)11-18-16(19)10-12-6-2-4-8-14(12)17;1-2-10(7-14-5-1)8-15-11-3-4-12-13(6-11)17-9-16-12/h2-9H,10-11H2,1H3,(H,18,19);3-4,6,10,14H,1-2,5,7-9H2. The molecule has 8 heteroatoms. The molecular formula is C29H33FN2O5. The van der Waals surface area contributed by atoms with E-state index in [1.54, 1.807) is 25.3 Å². The fourth-order valence-corrected chi connectivity index (χ4v) is 4.17. The maximum atomic E-state index is 13.4. The maximum absolute atomic E-state index is 13.4. The first-order chi connectivity index (χ1) is 18.1. The van der Waals surface area contributed by atoms with Crippen molar-refractivity contribution in [1.82, 2.24) is 10.6 Å². The molecule has 2 N–H and O–H groups in total. The Bertz CT molecular complexity index is 1170. The van der Waals surface area contributed by atoms with Gasteiger partial charge in [0.25, 0.3) is 0 Å². The van der Waals surface area contributed by atoms with Crippen LogP contribution in [0.1, 0.15) is 24.0 Å². The molecule has 0 saturated carbocycles. The highest BCUT2D eigenvalue weighted by molar-refractivity contribution is 5.78. The first kappa shape index (κ1) is 26.3. The molecule has 37 heavy (non-hydrogen) atoms. The summed E-state index contributed by atoms with van der Waals surface area (Å²) in [5, 5.41) is 6.15. The second-order valence-electron chi connectivity index (χ2n) is 8.90. The highest BCUT2D eigenvalue weighted by atomic mass is 19.1. The SMILES string of the molecule is COc1ccccc1CNC(=O)Cc1ccccc1F.c1cc2c(cc1OCC1CCCNC1)OCO2. The third-order valence-corrected chi connectivity index (χ3v) is 6.21. The van der Waals surface area contributed by atoms with Gasteiger partial charge < -0.3 is 29.6 Å². The van der Waals surface area contributed by atoms with Gasteiger partial charge in [0.05, 0.1) is 20.1 Å². The quantitative estimate of drug-likeness (QED) is 0.467. The van der Waals surface area contributed by atoms with E-state index in [0.717, 1.165) is 48.3 Å². The van der Waals surface area contributed by atoms with Crippen LogP contribution in [0.2, 0.25) is 0 Å². The smallest absolute Gasteiger partial charge is 0.231 e. The summed E-state index contributed by atoms with van der Waals surface area (Å²) in [5.74, 6) is 3.20. The number of nitrogens with one attached hydrogen (secondary N) is 2. The van der Waals surface area contributed by atoms with Gasteiger partial charge in [-0.3, -0.25) is 4.79 Å². The zero-order valence-electron chi connectivity index (χ0n) is 21.0. The molecule has 0 aliphatic carbocycles. The molecule has 0 bridgehead atoms. The van der Waals surface area contributed by atoms with Gasteiger partial charge in [0.15, 0.2) is 11.5 Å². The van der Waals surface area contributed by atoms with Crippen molar-refractivity contribution in [1.29, 1.82) is 0 Å². The van der Waals surface area contributed by atoms with E-state index in [9.17, 15) is 9.18 Å². The topological polar surface area (TPSA) is 78.1 Å². The van der Waals surface area contributed by atoms with Crippen LogP contribution in [0.3, 0.4) is 0 Å². The Balaban J connectivity index is 0.000000175. The Labute approximate surface area is 216 Å². The minimum absolute atomic E-state index is 0.0296. The van der Waals surface area contributed by atoms with Crippen molar-refractivity contribution in [3.05, 3.63) is 83.7 Å². The Morgan fingerprint density at radius 2 is 1.84 bits per heavy atom. The summed E-state index contributed by atoms with van der Waals surface area (Å²) in [4.78, 5) is 11.8.